The molecule has 7 heteroatoms. The highest BCUT2D eigenvalue weighted by atomic mass is 32.1. The lowest BCUT2D eigenvalue weighted by Gasteiger charge is -2.26. The van der Waals surface area contributed by atoms with Crippen molar-refractivity contribution in [3.05, 3.63) is 22.4 Å². The smallest absolute Gasteiger partial charge is 0.225 e. The lowest BCUT2D eigenvalue weighted by Crippen LogP contribution is -2.37. The SMILES string of the molecule is O=C(C[C@@H]1CN(Cc2cccs2)[C@@H]2CO[C@@H](CC(=O)N3CCCC3)[C@H]12)N1CCCC1. The molecule has 2 amide bonds. The van der Waals surface area contributed by atoms with Crippen LogP contribution in [0.5, 0.6) is 0 Å². The molecule has 5 heterocycles. The highest BCUT2D eigenvalue weighted by Crippen LogP contribution is 2.43. The van der Waals surface area contributed by atoms with Gasteiger partial charge in [-0.05, 0) is 43.0 Å². The third-order valence-corrected chi connectivity index (χ3v) is 8.37. The summed E-state index contributed by atoms with van der Waals surface area (Å²) in [7, 11) is 0. The summed E-state index contributed by atoms with van der Waals surface area (Å²) in [5.41, 5.74) is 0. The Morgan fingerprint density at radius 1 is 1.00 bits per heavy atom. The first-order valence-electron chi connectivity index (χ1n) is 11.6. The zero-order valence-corrected chi connectivity index (χ0v) is 18.5. The van der Waals surface area contributed by atoms with Gasteiger partial charge in [-0.2, -0.15) is 0 Å². The van der Waals surface area contributed by atoms with Gasteiger partial charge in [0.25, 0.3) is 0 Å². The molecule has 0 aromatic carbocycles. The van der Waals surface area contributed by atoms with Gasteiger partial charge in [-0.1, -0.05) is 6.07 Å². The topological polar surface area (TPSA) is 53.1 Å². The van der Waals surface area contributed by atoms with Crippen LogP contribution in [0.25, 0.3) is 0 Å². The number of carbonyl (C=O) groups is 2. The van der Waals surface area contributed by atoms with Crippen LogP contribution in [0.2, 0.25) is 0 Å². The maximum absolute atomic E-state index is 12.9. The third-order valence-electron chi connectivity index (χ3n) is 7.51. The molecule has 4 atom stereocenters. The molecular weight excluding hydrogens is 398 g/mol. The first-order valence-corrected chi connectivity index (χ1v) is 12.5. The Morgan fingerprint density at radius 2 is 1.67 bits per heavy atom. The number of amides is 2. The molecule has 0 radical (unpaired) electrons. The monoisotopic (exact) mass is 431 g/mol. The van der Waals surface area contributed by atoms with Crippen LogP contribution in [0, 0.1) is 11.8 Å². The molecule has 4 aliphatic rings. The van der Waals surface area contributed by atoms with Crippen molar-refractivity contribution in [1.82, 2.24) is 14.7 Å². The fourth-order valence-corrected chi connectivity index (χ4v) is 6.71. The van der Waals surface area contributed by atoms with Crippen LogP contribution in [0.3, 0.4) is 0 Å². The quantitative estimate of drug-likeness (QED) is 0.695. The van der Waals surface area contributed by atoms with Crippen LogP contribution in [0.4, 0.5) is 0 Å². The van der Waals surface area contributed by atoms with E-state index in [9.17, 15) is 9.59 Å². The molecule has 164 valence electrons. The second kappa shape index (κ2) is 8.97. The molecule has 5 rings (SSSR count). The predicted octanol–water partition coefficient (Wildman–Crippen LogP) is 2.59. The number of ether oxygens (including phenoxy) is 1. The van der Waals surface area contributed by atoms with Crippen molar-refractivity contribution in [1.29, 1.82) is 0 Å². The lowest BCUT2D eigenvalue weighted by molar-refractivity contribution is -0.133. The number of carbonyl (C=O) groups excluding carboxylic acids is 2. The Balaban J connectivity index is 1.29. The van der Waals surface area contributed by atoms with Crippen molar-refractivity contribution in [2.24, 2.45) is 11.8 Å². The predicted molar refractivity (Wildman–Crippen MR) is 116 cm³/mol. The molecule has 0 N–H and O–H groups in total. The number of rotatable bonds is 6. The molecular formula is C23H33N3O3S. The van der Waals surface area contributed by atoms with Crippen LogP contribution in [-0.4, -0.2) is 78.0 Å². The van der Waals surface area contributed by atoms with Gasteiger partial charge in [0, 0.05) is 62.5 Å². The van der Waals surface area contributed by atoms with E-state index in [1.165, 1.54) is 4.88 Å². The van der Waals surface area contributed by atoms with Crippen LogP contribution in [-0.2, 0) is 20.9 Å². The fourth-order valence-electron chi connectivity index (χ4n) is 5.98. The van der Waals surface area contributed by atoms with E-state index >= 15 is 0 Å². The molecule has 4 saturated heterocycles. The zero-order valence-electron chi connectivity index (χ0n) is 17.7. The number of likely N-dealkylation sites (tertiary alicyclic amines) is 3. The standard InChI is InChI=1S/C23H33N3O3S/c27-21(24-7-1-2-8-24)12-17-14-26(15-18-6-5-11-30-18)19-16-29-20(23(17)19)13-22(28)25-9-3-4-10-25/h5-6,11,17,19-20,23H,1-4,7-10,12-16H2/t17-,19-,20+,23-/m1/s1. The maximum atomic E-state index is 12.9. The van der Waals surface area contributed by atoms with Gasteiger partial charge < -0.3 is 14.5 Å². The summed E-state index contributed by atoms with van der Waals surface area (Å²) in [5, 5.41) is 2.12. The van der Waals surface area contributed by atoms with E-state index in [0.717, 1.165) is 65.0 Å². The van der Waals surface area contributed by atoms with Gasteiger partial charge in [-0.25, -0.2) is 0 Å². The number of hydrogen-bond acceptors (Lipinski definition) is 5. The second-order valence-corrected chi connectivity index (χ2v) is 10.4. The summed E-state index contributed by atoms with van der Waals surface area (Å²) in [6.45, 7) is 6.14. The van der Waals surface area contributed by atoms with Crippen molar-refractivity contribution < 1.29 is 14.3 Å². The van der Waals surface area contributed by atoms with E-state index in [1.807, 2.05) is 9.80 Å². The van der Waals surface area contributed by atoms with Gasteiger partial charge in [0.15, 0.2) is 0 Å². The number of thiophene rings is 1. The summed E-state index contributed by atoms with van der Waals surface area (Å²) < 4.78 is 6.23. The Kier molecular flexibility index (Phi) is 6.12. The van der Waals surface area contributed by atoms with Gasteiger partial charge in [0.05, 0.1) is 19.1 Å². The second-order valence-electron chi connectivity index (χ2n) is 9.37. The summed E-state index contributed by atoms with van der Waals surface area (Å²) >= 11 is 1.79. The largest absolute Gasteiger partial charge is 0.376 e. The molecule has 0 unspecified atom stereocenters. The van der Waals surface area contributed by atoms with E-state index in [1.54, 1.807) is 11.3 Å². The molecule has 1 aromatic rings. The first-order chi connectivity index (χ1) is 14.7. The summed E-state index contributed by atoms with van der Waals surface area (Å²) in [4.78, 5) is 33.7. The molecule has 4 fully saturated rings. The van der Waals surface area contributed by atoms with E-state index in [0.29, 0.717) is 31.4 Å². The summed E-state index contributed by atoms with van der Waals surface area (Å²) in [6.07, 6.45) is 5.51. The van der Waals surface area contributed by atoms with Crippen LogP contribution < -0.4 is 0 Å². The van der Waals surface area contributed by atoms with Crippen LogP contribution in [0.1, 0.15) is 43.4 Å². The molecule has 30 heavy (non-hydrogen) atoms. The van der Waals surface area contributed by atoms with Crippen LogP contribution >= 0.6 is 11.3 Å². The molecule has 0 aliphatic carbocycles. The maximum Gasteiger partial charge on any atom is 0.225 e. The van der Waals surface area contributed by atoms with Gasteiger partial charge in [0.2, 0.25) is 11.8 Å². The van der Waals surface area contributed by atoms with Crippen molar-refractivity contribution >= 4 is 23.2 Å². The molecule has 1 aromatic heterocycles. The van der Waals surface area contributed by atoms with Gasteiger partial charge in [0.1, 0.15) is 0 Å². The summed E-state index contributed by atoms with van der Waals surface area (Å²) in [6, 6.07) is 4.61. The minimum absolute atomic E-state index is 0.0483. The van der Waals surface area contributed by atoms with E-state index in [2.05, 4.69) is 22.4 Å². The lowest BCUT2D eigenvalue weighted by atomic mass is 9.84. The average molecular weight is 432 g/mol. The fraction of sp³-hybridized carbons (Fsp3) is 0.739. The van der Waals surface area contributed by atoms with Gasteiger partial charge >= 0.3 is 0 Å². The van der Waals surface area contributed by atoms with E-state index < -0.39 is 0 Å². The van der Waals surface area contributed by atoms with E-state index in [4.69, 9.17) is 4.74 Å². The normalized spacial score (nSPS) is 31.6. The van der Waals surface area contributed by atoms with Crippen molar-refractivity contribution in [2.75, 3.05) is 39.3 Å². The first kappa shape index (κ1) is 20.5. The minimum atomic E-state index is -0.0483. The number of hydrogen-bond donors (Lipinski definition) is 0. The van der Waals surface area contributed by atoms with Crippen LogP contribution in [0.15, 0.2) is 17.5 Å². The molecule has 0 saturated carbocycles. The Bertz CT molecular complexity index is 743. The Hall–Kier alpha value is -1.44. The Morgan fingerprint density at radius 3 is 2.30 bits per heavy atom. The molecule has 6 nitrogen and oxygen atoms in total. The van der Waals surface area contributed by atoms with Gasteiger partial charge in [-0.15, -0.1) is 11.3 Å². The average Bonchev–Trinajstić information content (AvgIpc) is 3.55. The Labute approximate surface area is 183 Å². The van der Waals surface area contributed by atoms with Crippen molar-refractivity contribution in [3.63, 3.8) is 0 Å². The zero-order chi connectivity index (χ0) is 20.5. The van der Waals surface area contributed by atoms with Crippen molar-refractivity contribution in [3.8, 4) is 0 Å². The highest BCUT2D eigenvalue weighted by molar-refractivity contribution is 7.09. The number of fused-ring (bicyclic) bond motifs is 1. The highest BCUT2D eigenvalue weighted by Gasteiger charge is 2.51. The third kappa shape index (κ3) is 4.16. The summed E-state index contributed by atoms with van der Waals surface area (Å²) in [5.74, 6) is 1.09. The van der Waals surface area contributed by atoms with Crippen molar-refractivity contribution in [2.45, 2.75) is 57.2 Å². The van der Waals surface area contributed by atoms with E-state index in [-0.39, 0.29) is 23.8 Å². The molecule has 4 aliphatic heterocycles. The van der Waals surface area contributed by atoms with Gasteiger partial charge in [-0.3, -0.25) is 14.5 Å². The number of nitrogens with zero attached hydrogens (tertiary/aromatic N) is 3. The molecule has 0 spiro atoms. The molecule has 0 bridgehead atoms. The minimum Gasteiger partial charge on any atom is -0.376 e.